The van der Waals surface area contributed by atoms with Gasteiger partial charge in [0.2, 0.25) is 5.91 Å². The maximum Gasteiger partial charge on any atom is 0.262 e. The van der Waals surface area contributed by atoms with E-state index < -0.39 is 12.1 Å². The lowest BCUT2D eigenvalue weighted by Crippen LogP contribution is -2.46. The first-order valence-corrected chi connectivity index (χ1v) is 7.03. The number of halogens is 1. The van der Waals surface area contributed by atoms with Crippen LogP contribution in [0.2, 0.25) is 0 Å². The average Bonchev–Trinajstić information content (AvgIpc) is 2.72. The topological polar surface area (TPSA) is 78.4 Å². The summed E-state index contributed by atoms with van der Waals surface area (Å²) in [6, 6.07) is 2.82. The van der Waals surface area contributed by atoms with Crippen LogP contribution in [-0.4, -0.2) is 35.6 Å². The summed E-state index contributed by atoms with van der Waals surface area (Å²) >= 11 is 4.57. The Bertz CT molecular complexity index is 434. The lowest BCUT2D eigenvalue weighted by atomic mass is 10.3. The van der Waals surface area contributed by atoms with Crippen molar-refractivity contribution >= 4 is 39.1 Å². The van der Waals surface area contributed by atoms with Crippen molar-refractivity contribution in [3.63, 3.8) is 0 Å². The van der Waals surface area contributed by atoms with E-state index >= 15 is 0 Å². The van der Waals surface area contributed by atoms with E-state index in [1.54, 1.807) is 26.0 Å². The molecule has 0 aliphatic heterocycles. The highest BCUT2D eigenvalue weighted by Crippen LogP contribution is 2.21. The Morgan fingerprint density at radius 1 is 1.44 bits per heavy atom. The first-order valence-electron chi connectivity index (χ1n) is 5.42. The highest BCUT2D eigenvalue weighted by molar-refractivity contribution is 9.11. The third kappa shape index (κ3) is 4.75. The molecule has 0 fully saturated rings. The smallest absolute Gasteiger partial charge is 0.262 e. The second kappa shape index (κ2) is 6.86. The number of hydrogen-bond donors (Lipinski definition) is 3. The minimum Gasteiger partial charge on any atom is -0.392 e. The Morgan fingerprint density at radius 2 is 2.11 bits per heavy atom. The first-order chi connectivity index (χ1) is 8.40. The standard InChI is InChI=1S/C11H15BrN2O3S/c1-6(15)5-13-10(16)7(2)14-11(17)8-3-4-9(12)18-8/h3-4,6-7,15H,5H2,1-2H3,(H,13,16)(H,14,17)/t6-,7+/m0/s1. The van der Waals surface area contributed by atoms with Crippen molar-refractivity contribution in [1.82, 2.24) is 10.6 Å². The molecule has 1 heterocycles. The molecular formula is C11H15BrN2O3S. The van der Waals surface area contributed by atoms with Gasteiger partial charge in [0.05, 0.1) is 14.8 Å². The van der Waals surface area contributed by atoms with Crippen LogP contribution in [0.3, 0.4) is 0 Å². The summed E-state index contributed by atoms with van der Waals surface area (Å²) in [5, 5.41) is 14.2. The van der Waals surface area contributed by atoms with Crippen molar-refractivity contribution in [2.45, 2.75) is 26.0 Å². The van der Waals surface area contributed by atoms with Gasteiger partial charge >= 0.3 is 0 Å². The van der Waals surface area contributed by atoms with Gasteiger partial charge < -0.3 is 15.7 Å². The van der Waals surface area contributed by atoms with Crippen LogP contribution in [0, 0.1) is 0 Å². The zero-order valence-corrected chi connectivity index (χ0v) is 12.5. The van der Waals surface area contributed by atoms with Crippen molar-refractivity contribution in [3.8, 4) is 0 Å². The number of aliphatic hydroxyl groups is 1. The van der Waals surface area contributed by atoms with Gasteiger partial charge in [-0.05, 0) is 41.9 Å². The number of nitrogens with one attached hydrogen (secondary N) is 2. The van der Waals surface area contributed by atoms with E-state index in [4.69, 9.17) is 5.11 Å². The molecule has 0 saturated heterocycles. The van der Waals surface area contributed by atoms with Gasteiger partial charge in [-0.3, -0.25) is 9.59 Å². The third-order valence-corrected chi connectivity index (χ3v) is 3.73. The van der Waals surface area contributed by atoms with Crippen LogP contribution in [0.25, 0.3) is 0 Å². The normalized spacial score (nSPS) is 13.8. The van der Waals surface area contributed by atoms with Gasteiger partial charge in [-0.2, -0.15) is 0 Å². The van der Waals surface area contributed by atoms with Gasteiger partial charge in [-0.25, -0.2) is 0 Å². The van der Waals surface area contributed by atoms with Crippen molar-refractivity contribution < 1.29 is 14.7 Å². The fourth-order valence-electron chi connectivity index (χ4n) is 1.17. The van der Waals surface area contributed by atoms with Crippen LogP contribution in [0.15, 0.2) is 15.9 Å². The summed E-state index contributed by atoms with van der Waals surface area (Å²) in [5.74, 6) is -0.606. The van der Waals surface area contributed by atoms with E-state index in [9.17, 15) is 9.59 Å². The van der Waals surface area contributed by atoms with Gasteiger partial charge in [0.15, 0.2) is 0 Å². The molecule has 0 bridgehead atoms. The summed E-state index contributed by atoms with van der Waals surface area (Å²) in [5.41, 5.74) is 0. The molecule has 0 aliphatic rings. The van der Waals surface area contributed by atoms with E-state index in [1.165, 1.54) is 11.3 Å². The fourth-order valence-corrected chi connectivity index (χ4v) is 2.46. The lowest BCUT2D eigenvalue weighted by Gasteiger charge is -2.14. The molecule has 0 radical (unpaired) electrons. The molecule has 3 N–H and O–H groups in total. The van der Waals surface area contributed by atoms with Crippen LogP contribution in [0.5, 0.6) is 0 Å². The minimum atomic E-state index is -0.642. The Morgan fingerprint density at radius 3 is 2.61 bits per heavy atom. The number of hydrogen-bond acceptors (Lipinski definition) is 4. The molecule has 18 heavy (non-hydrogen) atoms. The third-order valence-electron chi connectivity index (χ3n) is 2.11. The number of carbonyl (C=O) groups is 2. The maximum atomic E-state index is 11.8. The van der Waals surface area contributed by atoms with E-state index in [2.05, 4.69) is 26.6 Å². The molecule has 100 valence electrons. The molecule has 0 aromatic carbocycles. The quantitative estimate of drug-likeness (QED) is 0.755. The molecule has 0 saturated carbocycles. The molecule has 1 rings (SSSR count). The number of amides is 2. The van der Waals surface area contributed by atoms with Gasteiger partial charge in [-0.15, -0.1) is 11.3 Å². The number of aliphatic hydroxyl groups excluding tert-OH is 1. The maximum absolute atomic E-state index is 11.8. The molecule has 2 amide bonds. The SMILES string of the molecule is C[C@H](O)CNC(=O)[C@@H](C)NC(=O)c1ccc(Br)s1. The molecule has 0 aliphatic carbocycles. The fraction of sp³-hybridized carbons (Fsp3) is 0.455. The van der Waals surface area contributed by atoms with Gasteiger partial charge in [0.1, 0.15) is 6.04 Å². The minimum absolute atomic E-state index is 0.170. The molecular weight excluding hydrogens is 320 g/mol. The molecule has 7 heteroatoms. The first kappa shape index (κ1) is 15.1. The number of thiophene rings is 1. The molecule has 2 atom stereocenters. The Kier molecular flexibility index (Phi) is 5.77. The average molecular weight is 335 g/mol. The van der Waals surface area contributed by atoms with E-state index in [1.807, 2.05) is 0 Å². The van der Waals surface area contributed by atoms with Gasteiger partial charge in [0, 0.05) is 6.54 Å². The monoisotopic (exact) mass is 334 g/mol. The zero-order valence-electron chi connectivity index (χ0n) is 10.1. The number of carbonyl (C=O) groups excluding carboxylic acids is 2. The van der Waals surface area contributed by atoms with Crippen molar-refractivity contribution in [2.24, 2.45) is 0 Å². The predicted molar refractivity (Wildman–Crippen MR) is 73.6 cm³/mol. The summed E-state index contributed by atoms with van der Waals surface area (Å²) in [6.45, 7) is 3.34. The second-order valence-electron chi connectivity index (χ2n) is 3.89. The molecule has 1 aromatic heterocycles. The van der Waals surface area contributed by atoms with Crippen LogP contribution in [0.4, 0.5) is 0 Å². The summed E-state index contributed by atoms with van der Waals surface area (Å²) < 4.78 is 0.860. The van der Waals surface area contributed by atoms with Gasteiger partial charge in [0.25, 0.3) is 5.91 Å². The summed E-state index contributed by atoms with van der Waals surface area (Å²) in [6.07, 6.45) is -0.606. The van der Waals surface area contributed by atoms with Crippen molar-refractivity contribution in [3.05, 3.63) is 20.8 Å². The Hall–Kier alpha value is -0.920. The van der Waals surface area contributed by atoms with Crippen LogP contribution >= 0.6 is 27.3 Å². The molecule has 1 aromatic rings. The summed E-state index contributed by atoms with van der Waals surface area (Å²) in [7, 11) is 0. The molecule has 0 spiro atoms. The van der Waals surface area contributed by atoms with Crippen molar-refractivity contribution in [1.29, 1.82) is 0 Å². The zero-order chi connectivity index (χ0) is 13.7. The van der Waals surface area contributed by atoms with Crippen LogP contribution in [-0.2, 0) is 4.79 Å². The summed E-state index contributed by atoms with van der Waals surface area (Å²) in [4.78, 5) is 23.9. The lowest BCUT2D eigenvalue weighted by molar-refractivity contribution is -0.123. The van der Waals surface area contributed by atoms with E-state index in [0.717, 1.165) is 3.79 Å². The highest BCUT2D eigenvalue weighted by Gasteiger charge is 2.17. The van der Waals surface area contributed by atoms with E-state index in [0.29, 0.717) is 4.88 Å². The second-order valence-corrected chi connectivity index (χ2v) is 6.36. The highest BCUT2D eigenvalue weighted by atomic mass is 79.9. The number of rotatable bonds is 5. The van der Waals surface area contributed by atoms with Crippen LogP contribution < -0.4 is 10.6 Å². The molecule has 5 nitrogen and oxygen atoms in total. The van der Waals surface area contributed by atoms with Gasteiger partial charge in [-0.1, -0.05) is 0 Å². The van der Waals surface area contributed by atoms with Crippen LogP contribution in [0.1, 0.15) is 23.5 Å². The Balaban J connectivity index is 2.46. The predicted octanol–water partition coefficient (Wildman–Crippen LogP) is 1.13. The largest absolute Gasteiger partial charge is 0.392 e. The Labute approximate surface area is 118 Å². The molecule has 0 unspecified atom stereocenters. The van der Waals surface area contributed by atoms with Crippen molar-refractivity contribution in [2.75, 3.05) is 6.54 Å². The van der Waals surface area contributed by atoms with E-state index in [-0.39, 0.29) is 18.4 Å².